The van der Waals surface area contributed by atoms with Gasteiger partial charge in [-0.2, -0.15) is 0 Å². The lowest BCUT2D eigenvalue weighted by Crippen LogP contribution is -1.90. The van der Waals surface area contributed by atoms with Gasteiger partial charge in [0, 0.05) is 6.20 Å². The van der Waals surface area contributed by atoms with Crippen LogP contribution in [0.5, 0.6) is 0 Å². The molecule has 2 rings (SSSR count). The second-order valence-electron chi connectivity index (χ2n) is 2.50. The predicted molar refractivity (Wildman–Crippen MR) is 51.2 cm³/mol. The van der Waals surface area contributed by atoms with Crippen LogP contribution in [-0.4, -0.2) is 4.98 Å². The fourth-order valence-corrected chi connectivity index (χ4v) is 1.05. The monoisotopic (exact) mass is 194 g/mol. The maximum Gasteiger partial charge on any atom is 0.130 e. The van der Waals surface area contributed by atoms with Gasteiger partial charge in [0.15, 0.2) is 0 Å². The number of pyridine rings is 1. The Balaban J connectivity index is 2.15. The summed E-state index contributed by atoms with van der Waals surface area (Å²) in [6.07, 6.45) is 4.79. The fourth-order valence-electron chi connectivity index (χ4n) is 0.933. The molecule has 2 heterocycles. The van der Waals surface area contributed by atoms with Crippen molar-refractivity contribution >= 4 is 23.1 Å². The van der Waals surface area contributed by atoms with Gasteiger partial charge in [0.1, 0.15) is 12.1 Å². The molecule has 4 heteroatoms. The number of nitrogens with one attached hydrogen (secondary N) is 1. The van der Waals surface area contributed by atoms with Gasteiger partial charge < -0.3 is 9.73 Å². The molecule has 13 heavy (non-hydrogen) atoms. The Morgan fingerprint density at radius 3 is 2.85 bits per heavy atom. The first kappa shape index (κ1) is 8.13. The second kappa shape index (κ2) is 3.49. The number of hydrogen-bond acceptors (Lipinski definition) is 3. The van der Waals surface area contributed by atoms with E-state index in [0.717, 1.165) is 11.5 Å². The highest BCUT2D eigenvalue weighted by Gasteiger charge is 1.95. The lowest BCUT2D eigenvalue weighted by molar-refractivity contribution is 0.568. The van der Waals surface area contributed by atoms with Crippen LogP contribution in [0.15, 0.2) is 41.3 Å². The van der Waals surface area contributed by atoms with E-state index in [1.807, 2.05) is 6.07 Å². The Kier molecular flexibility index (Phi) is 2.19. The van der Waals surface area contributed by atoms with Crippen LogP contribution in [-0.2, 0) is 0 Å². The maximum atomic E-state index is 5.68. The molecule has 3 nitrogen and oxygen atoms in total. The first-order valence-corrected chi connectivity index (χ1v) is 4.13. The van der Waals surface area contributed by atoms with Crippen LogP contribution in [0.4, 0.5) is 11.5 Å². The zero-order chi connectivity index (χ0) is 9.10. The third-order valence-corrected chi connectivity index (χ3v) is 1.74. The molecule has 0 aliphatic carbocycles. The topological polar surface area (TPSA) is 38.1 Å². The molecule has 0 radical (unpaired) electrons. The minimum Gasteiger partial charge on any atom is -0.470 e. The van der Waals surface area contributed by atoms with E-state index in [1.54, 1.807) is 30.9 Å². The quantitative estimate of drug-likeness (QED) is 0.799. The highest BCUT2D eigenvalue weighted by atomic mass is 35.5. The molecule has 0 amide bonds. The van der Waals surface area contributed by atoms with Crippen molar-refractivity contribution in [2.75, 3.05) is 5.32 Å². The molecule has 2 aromatic heterocycles. The van der Waals surface area contributed by atoms with Gasteiger partial charge >= 0.3 is 0 Å². The van der Waals surface area contributed by atoms with Gasteiger partial charge in [0.2, 0.25) is 0 Å². The number of halogens is 1. The van der Waals surface area contributed by atoms with Crippen molar-refractivity contribution in [3.05, 3.63) is 41.9 Å². The van der Waals surface area contributed by atoms with Gasteiger partial charge in [-0.25, -0.2) is 4.98 Å². The summed E-state index contributed by atoms with van der Waals surface area (Å²) in [5.74, 6) is 0.741. The van der Waals surface area contributed by atoms with Crippen molar-refractivity contribution in [3.8, 4) is 0 Å². The predicted octanol–water partition coefficient (Wildman–Crippen LogP) is 3.07. The van der Waals surface area contributed by atoms with Gasteiger partial charge in [0.25, 0.3) is 0 Å². The molecule has 0 saturated carbocycles. The Labute approximate surface area is 80.4 Å². The maximum absolute atomic E-state index is 5.68. The zero-order valence-corrected chi connectivity index (χ0v) is 7.45. The number of anilines is 2. The Morgan fingerprint density at radius 2 is 2.23 bits per heavy atom. The first-order chi connectivity index (χ1) is 6.34. The van der Waals surface area contributed by atoms with Crippen molar-refractivity contribution < 1.29 is 4.42 Å². The Morgan fingerprint density at radius 1 is 1.31 bits per heavy atom. The van der Waals surface area contributed by atoms with Gasteiger partial charge in [-0.15, -0.1) is 0 Å². The van der Waals surface area contributed by atoms with Gasteiger partial charge in [-0.3, -0.25) is 0 Å². The average Bonchev–Trinajstić information content (AvgIpc) is 2.62. The van der Waals surface area contributed by atoms with E-state index in [4.69, 9.17) is 16.0 Å². The fraction of sp³-hybridized carbons (Fsp3) is 0. The molecular weight excluding hydrogens is 188 g/mol. The smallest absolute Gasteiger partial charge is 0.130 e. The molecule has 0 bridgehead atoms. The summed E-state index contributed by atoms with van der Waals surface area (Å²) < 4.78 is 4.89. The van der Waals surface area contributed by atoms with Gasteiger partial charge in [-0.1, -0.05) is 11.6 Å². The lowest BCUT2D eigenvalue weighted by atomic mass is 10.4. The highest BCUT2D eigenvalue weighted by molar-refractivity contribution is 6.30. The molecule has 66 valence electrons. The molecule has 0 fully saturated rings. The molecule has 0 unspecified atom stereocenters. The van der Waals surface area contributed by atoms with Gasteiger partial charge in [-0.05, 0) is 18.2 Å². The molecule has 0 aliphatic rings. The summed E-state index contributed by atoms with van der Waals surface area (Å²) in [6.45, 7) is 0. The van der Waals surface area contributed by atoms with Crippen LogP contribution >= 0.6 is 11.6 Å². The summed E-state index contributed by atoms with van der Waals surface area (Å²) in [6, 6.07) is 5.39. The molecule has 0 spiro atoms. The van der Waals surface area contributed by atoms with Crippen molar-refractivity contribution in [3.63, 3.8) is 0 Å². The first-order valence-electron chi connectivity index (χ1n) is 3.75. The van der Waals surface area contributed by atoms with Crippen LogP contribution in [0.1, 0.15) is 0 Å². The zero-order valence-electron chi connectivity index (χ0n) is 6.70. The number of furan rings is 1. The summed E-state index contributed by atoms with van der Waals surface area (Å²) in [4.78, 5) is 4.07. The van der Waals surface area contributed by atoms with E-state index < -0.39 is 0 Å². The van der Waals surface area contributed by atoms with Gasteiger partial charge in [0.05, 0.1) is 17.0 Å². The SMILES string of the molecule is Clc1ccc(Nc2ccoc2)nc1. The number of hydrogen-bond donors (Lipinski definition) is 1. The summed E-state index contributed by atoms with van der Waals surface area (Å²) in [7, 11) is 0. The summed E-state index contributed by atoms with van der Waals surface area (Å²) in [5.41, 5.74) is 0.870. The minimum atomic E-state index is 0.623. The normalized spacial score (nSPS) is 9.92. The van der Waals surface area contributed by atoms with Crippen LogP contribution in [0.3, 0.4) is 0 Å². The van der Waals surface area contributed by atoms with E-state index >= 15 is 0 Å². The number of nitrogens with zero attached hydrogens (tertiary/aromatic N) is 1. The molecule has 1 N–H and O–H groups in total. The lowest BCUT2D eigenvalue weighted by Gasteiger charge is -2.00. The van der Waals surface area contributed by atoms with E-state index in [0.29, 0.717) is 5.02 Å². The van der Waals surface area contributed by atoms with E-state index in [1.165, 1.54) is 0 Å². The van der Waals surface area contributed by atoms with Crippen LogP contribution < -0.4 is 5.32 Å². The van der Waals surface area contributed by atoms with E-state index in [9.17, 15) is 0 Å². The van der Waals surface area contributed by atoms with Crippen molar-refractivity contribution in [1.29, 1.82) is 0 Å². The Bertz CT molecular complexity index is 369. The number of rotatable bonds is 2. The number of aromatic nitrogens is 1. The molecule has 2 aromatic rings. The second-order valence-corrected chi connectivity index (χ2v) is 2.94. The minimum absolute atomic E-state index is 0.623. The Hall–Kier alpha value is -1.48. The third-order valence-electron chi connectivity index (χ3n) is 1.52. The standard InChI is InChI=1S/C9H7ClN2O/c10-7-1-2-9(11-5-7)12-8-3-4-13-6-8/h1-6H,(H,11,12). The summed E-state index contributed by atoms with van der Waals surface area (Å²) >= 11 is 5.68. The molecule has 0 saturated heterocycles. The molecular formula is C9H7ClN2O. The van der Waals surface area contributed by atoms with Crippen molar-refractivity contribution in [1.82, 2.24) is 4.98 Å². The van der Waals surface area contributed by atoms with Crippen LogP contribution in [0.25, 0.3) is 0 Å². The molecule has 0 atom stereocenters. The van der Waals surface area contributed by atoms with Crippen LogP contribution in [0, 0.1) is 0 Å². The third kappa shape index (κ3) is 2.00. The highest BCUT2D eigenvalue weighted by Crippen LogP contribution is 2.15. The van der Waals surface area contributed by atoms with Crippen LogP contribution in [0.2, 0.25) is 5.02 Å². The van der Waals surface area contributed by atoms with E-state index in [-0.39, 0.29) is 0 Å². The molecule has 0 aliphatic heterocycles. The average molecular weight is 195 g/mol. The van der Waals surface area contributed by atoms with Crippen molar-refractivity contribution in [2.24, 2.45) is 0 Å². The van der Waals surface area contributed by atoms with Crippen molar-refractivity contribution in [2.45, 2.75) is 0 Å². The molecule has 0 aromatic carbocycles. The summed E-state index contributed by atoms with van der Waals surface area (Å²) in [5, 5.41) is 3.67. The largest absolute Gasteiger partial charge is 0.470 e. The van der Waals surface area contributed by atoms with E-state index in [2.05, 4.69) is 10.3 Å².